The lowest BCUT2D eigenvalue weighted by atomic mass is 10.0. The zero-order valence-corrected chi connectivity index (χ0v) is 10.1. The Morgan fingerprint density at radius 2 is 2.06 bits per heavy atom. The van der Waals surface area contributed by atoms with E-state index >= 15 is 0 Å². The highest BCUT2D eigenvalue weighted by atomic mass is 19.1. The van der Waals surface area contributed by atoms with Crippen LogP contribution in [0.15, 0.2) is 18.2 Å². The molecule has 0 aliphatic carbocycles. The normalized spacial score (nSPS) is 14.8. The van der Waals surface area contributed by atoms with Gasteiger partial charge in [0, 0.05) is 18.7 Å². The predicted octanol–water partition coefficient (Wildman–Crippen LogP) is 2.56. The average Bonchev–Trinajstić information content (AvgIpc) is 2.22. The van der Waals surface area contributed by atoms with Crippen LogP contribution >= 0.6 is 0 Å². The van der Waals surface area contributed by atoms with Crippen LogP contribution in [0, 0.1) is 12.7 Å². The Kier molecular flexibility index (Phi) is 4.90. The Labute approximate surface area is 96.5 Å². The maximum atomic E-state index is 13.4. The quantitative estimate of drug-likeness (QED) is 0.807. The molecule has 1 aromatic carbocycles. The number of rotatable bonds is 5. The molecule has 0 aromatic heterocycles. The van der Waals surface area contributed by atoms with Gasteiger partial charge in [0.1, 0.15) is 5.82 Å². The van der Waals surface area contributed by atoms with Crippen molar-refractivity contribution in [3.63, 3.8) is 0 Å². The van der Waals surface area contributed by atoms with Gasteiger partial charge in [-0.2, -0.15) is 0 Å². The number of aliphatic hydroxyl groups excluding tert-OH is 1. The van der Waals surface area contributed by atoms with E-state index in [2.05, 4.69) is 5.32 Å². The Morgan fingerprint density at radius 1 is 1.38 bits per heavy atom. The van der Waals surface area contributed by atoms with E-state index in [0.29, 0.717) is 12.0 Å². The number of aryl methyl sites for hydroxylation is 1. The molecule has 2 nitrogen and oxygen atoms in total. The molecule has 0 fully saturated rings. The van der Waals surface area contributed by atoms with E-state index in [1.807, 2.05) is 19.9 Å². The van der Waals surface area contributed by atoms with Crippen LogP contribution in [-0.4, -0.2) is 17.8 Å². The van der Waals surface area contributed by atoms with E-state index in [0.717, 1.165) is 5.56 Å². The third kappa shape index (κ3) is 3.58. The van der Waals surface area contributed by atoms with E-state index in [4.69, 9.17) is 5.11 Å². The van der Waals surface area contributed by atoms with Crippen molar-refractivity contribution >= 4 is 0 Å². The molecule has 0 spiro atoms. The van der Waals surface area contributed by atoms with Crippen LogP contribution in [0.25, 0.3) is 0 Å². The standard InChI is InChI=1S/C13H20FNO/c1-9-4-5-12(8-13(9)14)11(3)15-10(2)6-7-16/h4-5,8,10-11,15-16H,6-7H2,1-3H3. The summed E-state index contributed by atoms with van der Waals surface area (Å²) in [6.45, 7) is 5.93. The van der Waals surface area contributed by atoms with Crippen molar-refractivity contribution in [2.45, 2.75) is 39.3 Å². The van der Waals surface area contributed by atoms with Crippen molar-refractivity contribution in [3.8, 4) is 0 Å². The van der Waals surface area contributed by atoms with Gasteiger partial charge in [-0.1, -0.05) is 12.1 Å². The second-order valence-electron chi connectivity index (χ2n) is 4.31. The molecular weight excluding hydrogens is 205 g/mol. The summed E-state index contributed by atoms with van der Waals surface area (Å²) in [5.74, 6) is -0.166. The summed E-state index contributed by atoms with van der Waals surface area (Å²) in [7, 11) is 0. The third-order valence-corrected chi connectivity index (χ3v) is 2.79. The zero-order chi connectivity index (χ0) is 12.1. The first kappa shape index (κ1) is 13.1. The topological polar surface area (TPSA) is 32.3 Å². The van der Waals surface area contributed by atoms with Crippen molar-refractivity contribution in [1.29, 1.82) is 0 Å². The van der Waals surface area contributed by atoms with Crippen LogP contribution in [0.5, 0.6) is 0 Å². The average molecular weight is 225 g/mol. The lowest BCUT2D eigenvalue weighted by molar-refractivity contribution is 0.264. The lowest BCUT2D eigenvalue weighted by Gasteiger charge is -2.20. The smallest absolute Gasteiger partial charge is 0.126 e. The van der Waals surface area contributed by atoms with Crippen LogP contribution < -0.4 is 5.32 Å². The molecule has 1 aromatic rings. The van der Waals surface area contributed by atoms with Gasteiger partial charge in [0.05, 0.1) is 0 Å². The Morgan fingerprint density at radius 3 is 2.62 bits per heavy atom. The van der Waals surface area contributed by atoms with Gasteiger partial charge in [0.2, 0.25) is 0 Å². The fraction of sp³-hybridized carbons (Fsp3) is 0.538. The number of aliphatic hydroxyl groups is 1. The highest BCUT2D eigenvalue weighted by molar-refractivity contribution is 5.25. The molecule has 0 amide bonds. The molecular formula is C13H20FNO. The molecule has 0 radical (unpaired) electrons. The van der Waals surface area contributed by atoms with E-state index in [1.165, 1.54) is 0 Å². The Hall–Kier alpha value is -0.930. The molecule has 1 rings (SSSR count). The minimum atomic E-state index is -0.166. The monoisotopic (exact) mass is 225 g/mol. The van der Waals surface area contributed by atoms with Crippen molar-refractivity contribution in [1.82, 2.24) is 5.32 Å². The van der Waals surface area contributed by atoms with Gasteiger partial charge < -0.3 is 10.4 Å². The van der Waals surface area contributed by atoms with E-state index in [1.54, 1.807) is 19.1 Å². The van der Waals surface area contributed by atoms with Crippen molar-refractivity contribution in [3.05, 3.63) is 35.1 Å². The van der Waals surface area contributed by atoms with Crippen LogP contribution in [0.3, 0.4) is 0 Å². The summed E-state index contributed by atoms with van der Waals surface area (Å²) in [5, 5.41) is 12.1. The number of hydrogen-bond donors (Lipinski definition) is 2. The summed E-state index contributed by atoms with van der Waals surface area (Å²) in [5.41, 5.74) is 1.60. The van der Waals surface area contributed by atoms with Crippen LogP contribution in [0.1, 0.15) is 37.4 Å². The first-order valence-electron chi connectivity index (χ1n) is 5.67. The van der Waals surface area contributed by atoms with Crippen molar-refractivity contribution in [2.24, 2.45) is 0 Å². The molecule has 0 bridgehead atoms. The summed E-state index contributed by atoms with van der Waals surface area (Å²) < 4.78 is 13.4. The highest BCUT2D eigenvalue weighted by Crippen LogP contribution is 2.17. The third-order valence-electron chi connectivity index (χ3n) is 2.79. The van der Waals surface area contributed by atoms with E-state index < -0.39 is 0 Å². The molecule has 0 saturated carbocycles. The Bertz CT molecular complexity index is 341. The molecule has 0 aliphatic rings. The second kappa shape index (κ2) is 5.97. The molecule has 90 valence electrons. The molecule has 0 heterocycles. The van der Waals surface area contributed by atoms with Crippen molar-refractivity contribution < 1.29 is 9.50 Å². The summed E-state index contributed by atoms with van der Waals surface area (Å²) in [6, 6.07) is 5.61. The number of benzene rings is 1. The minimum Gasteiger partial charge on any atom is -0.396 e. The van der Waals surface area contributed by atoms with Crippen LogP contribution in [-0.2, 0) is 0 Å². The number of nitrogens with one attached hydrogen (secondary N) is 1. The molecule has 0 aliphatic heterocycles. The van der Waals surface area contributed by atoms with Gasteiger partial charge in [-0.25, -0.2) is 4.39 Å². The summed E-state index contributed by atoms with van der Waals surface area (Å²) in [6.07, 6.45) is 0.707. The number of hydrogen-bond acceptors (Lipinski definition) is 2. The van der Waals surface area contributed by atoms with Gasteiger partial charge >= 0.3 is 0 Å². The Balaban J connectivity index is 2.65. The molecule has 16 heavy (non-hydrogen) atoms. The first-order chi connectivity index (χ1) is 7.54. The first-order valence-corrected chi connectivity index (χ1v) is 5.67. The SMILES string of the molecule is Cc1ccc(C(C)NC(C)CCO)cc1F. The summed E-state index contributed by atoms with van der Waals surface area (Å²) >= 11 is 0. The van der Waals surface area contributed by atoms with Gasteiger partial charge in [-0.3, -0.25) is 0 Å². The fourth-order valence-corrected chi connectivity index (χ4v) is 1.68. The number of halogens is 1. The molecule has 3 heteroatoms. The maximum Gasteiger partial charge on any atom is 0.126 e. The molecule has 2 atom stereocenters. The lowest BCUT2D eigenvalue weighted by Crippen LogP contribution is -2.29. The van der Waals surface area contributed by atoms with E-state index in [9.17, 15) is 4.39 Å². The van der Waals surface area contributed by atoms with Crippen molar-refractivity contribution in [2.75, 3.05) is 6.61 Å². The van der Waals surface area contributed by atoms with Crippen LogP contribution in [0.4, 0.5) is 4.39 Å². The maximum absolute atomic E-state index is 13.4. The predicted molar refractivity (Wildman–Crippen MR) is 63.9 cm³/mol. The fourth-order valence-electron chi connectivity index (χ4n) is 1.68. The van der Waals surface area contributed by atoms with Crippen LogP contribution in [0.2, 0.25) is 0 Å². The molecule has 2 unspecified atom stereocenters. The second-order valence-corrected chi connectivity index (χ2v) is 4.31. The van der Waals surface area contributed by atoms with Gasteiger partial charge in [0.25, 0.3) is 0 Å². The van der Waals surface area contributed by atoms with Gasteiger partial charge in [-0.05, 0) is 44.4 Å². The largest absolute Gasteiger partial charge is 0.396 e. The molecule has 0 saturated heterocycles. The minimum absolute atomic E-state index is 0.0941. The van der Waals surface area contributed by atoms with Gasteiger partial charge in [-0.15, -0.1) is 0 Å². The van der Waals surface area contributed by atoms with Gasteiger partial charge in [0.15, 0.2) is 0 Å². The highest BCUT2D eigenvalue weighted by Gasteiger charge is 2.10. The molecule has 2 N–H and O–H groups in total. The zero-order valence-electron chi connectivity index (χ0n) is 10.1. The van der Waals surface area contributed by atoms with E-state index in [-0.39, 0.29) is 24.5 Å². The summed E-state index contributed by atoms with van der Waals surface area (Å²) in [4.78, 5) is 0.